The highest BCUT2D eigenvalue weighted by atomic mass is 32.1. The Balaban J connectivity index is 4.24. The van der Waals surface area contributed by atoms with Crippen molar-refractivity contribution < 1.29 is 9.90 Å². The second kappa shape index (κ2) is 4.44. The summed E-state index contributed by atoms with van der Waals surface area (Å²) in [6.45, 7) is 5.44. The third-order valence-electron chi connectivity index (χ3n) is 1.54. The van der Waals surface area contributed by atoms with Crippen LogP contribution in [-0.4, -0.2) is 15.8 Å². The summed E-state index contributed by atoms with van der Waals surface area (Å²) in [5.74, 6) is -0.859. The zero-order valence-electron chi connectivity index (χ0n) is 6.71. The number of rotatable bonds is 5. The molecule has 0 aliphatic rings. The van der Waals surface area contributed by atoms with Crippen LogP contribution in [0.5, 0.6) is 0 Å². The van der Waals surface area contributed by atoms with Crippen LogP contribution in [0.1, 0.15) is 26.2 Å². The minimum atomic E-state index is -0.906. The first-order chi connectivity index (χ1) is 5.06. The van der Waals surface area contributed by atoms with Gasteiger partial charge in [-0.2, -0.15) is 12.6 Å². The lowest BCUT2D eigenvalue weighted by Gasteiger charge is -2.20. The van der Waals surface area contributed by atoms with Gasteiger partial charge in [-0.3, -0.25) is 4.79 Å². The molecule has 1 N–H and O–H groups in total. The largest absolute Gasteiger partial charge is 0.480 e. The van der Waals surface area contributed by atoms with Gasteiger partial charge in [-0.25, -0.2) is 0 Å². The summed E-state index contributed by atoms with van der Waals surface area (Å²) in [5, 5.41) is 8.77. The molecule has 0 rings (SSSR count). The van der Waals surface area contributed by atoms with E-state index in [1.54, 1.807) is 6.08 Å². The summed E-state index contributed by atoms with van der Waals surface area (Å²) in [6.07, 6.45) is 3.41. The molecule has 0 amide bonds. The Kier molecular flexibility index (Phi) is 4.26. The van der Waals surface area contributed by atoms with Crippen LogP contribution in [0.2, 0.25) is 0 Å². The molecule has 0 radical (unpaired) electrons. The molecule has 64 valence electrons. The number of hydrogen-bond acceptors (Lipinski definition) is 2. The average molecular weight is 174 g/mol. The SMILES string of the molecule is C=CCC(S)(CCC)C(=O)O. The van der Waals surface area contributed by atoms with E-state index in [0.29, 0.717) is 12.8 Å². The number of carbonyl (C=O) groups is 1. The Bertz CT molecular complexity index is 156. The maximum atomic E-state index is 10.7. The molecule has 1 atom stereocenters. The van der Waals surface area contributed by atoms with Crippen molar-refractivity contribution in [2.24, 2.45) is 0 Å². The smallest absolute Gasteiger partial charge is 0.319 e. The Hall–Kier alpha value is -0.440. The third kappa shape index (κ3) is 2.97. The molecule has 0 aromatic heterocycles. The molecule has 1 unspecified atom stereocenters. The zero-order chi connectivity index (χ0) is 8.91. The van der Waals surface area contributed by atoms with Crippen LogP contribution < -0.4 is 0 Å². The van der Waals surface area contributed by atoms with Crippen LogP contribution >= 0.6 is 12.6 Å². The first-order valence-electron chi connectivity index (χ1n) is 3.63. The summed E-state index contributed by atoms with van der Waals surface area (Å²) < 4.78 is -0.906. The van der Waals surface area contributed by atoms with Crippen LogP contribution in [-0.2, 0) is 4.79 Å². The van der Waals surface area contributed by atoms with Gasteiger partial charge in [0.05, 0.1) is 0 Å². The molecule has 0 saturated carbocycles. The summed E-state index contributed by atoms with van der Waals surface area (Å²) in [4.78, 5) is 10.7. The maximum Gasteiger partial charge on any atom is 0.319 e. The Morgan fingerprint density at radius 3 is 2.64 bits per heavy atom. The summed E-state index contributed by atoms with van der Waals surface area (Å²) in [6, 6.07) is 0. The molecule has 0 saturated heterocycles. The van der Waals surface area contributed by atoms with Gasteiger partial charge in [0.15, 0.2) is 0 Å². The molecule has 0 heterocycles. The first kappa shape index (κ1) is 10.6. The summed E-state index contributed by atoms with van der Waals surface area (Å²) in [5.41, 5.74) is 0. The predicted octanol–water partition coefficient (Wildman–Crippen LogP) is 2.12. The molecule has 2 nitrogen and oxygen atoms in total. The van der Waals surface area contributed by atoms with Crippen molar-refractivity contribution >= 4 is 18.6 Å². The van der Waals surface area contributed by atoms with E-state index in [9.17, 15) is 4.79 Å². The molecule has 3 heteroatoms. The van der Waals surface area contributed by atoms with E-state index in [2.05, 4.69) is 19.2 Å². The van der Waals surface area contributed by atoms with Crippen molar-refractivity contribution in [2.75, 3.05) is 0 Å². The van der Waals surface area contributed by atoms with E-state index in [-0.39, 0.29) is 0 Å². The standard InChI is InChI=1S/C8H14O2S/c1-3-5-8(11,6-4-2)7(9)10/h3,11H,1,4-6H2,2H3,(H,9,10). The van der Waals surface area contributed by atoms with Crippen molar-refractivity contribution in [2.45, 2.75) is 30.9 Å². The number of hydrogen-bond donors (Lipinski definition) is 2. The van der Waals surface area contributed by atoms with Gasteiger partial charge < -0.3 is 5.11 Å². The predicted molar refractivity (Wildman–Crippen MR) is 49.1 cm³/mol. The van der Waals surface area contributed by atoms with Crippen molar-refractivity contribution in [3.63, 3.8) is 0 Å². The summed E-state index contributed by atoms with van der Waals surface area (Å²) in [7, 11) is 0. The summed E-state index contributed by atoms with van der Waals surface area (Å²) >= 11 is 4.10. The molecular formula is C8H14O2S. The van der Waals surface area contributed by atoms with Gasteiger partial charge in [-0.1, -0.05) is 19.4 Å². The lowest BCUT2D eigenvalue weighted by atomic mass is 9.99. The van der Waals surface area contributed by atoms with Crippen molar-refractivity contribution in [1.82, 2.24) is 0 Å². The van der Waals surface area contributed by atoms with Crippen LogP contribution in [0.4, 0.5) is 0 Å². The van der Waals surface area contributed by atoms with Gasteiger partial charge in [0.1, 0.15) is 4.75 Å². The third-order valence-corrected chi connectivity index (χ3v) is 2.14. The molecule has 0 spiro atoms. The highest BCUT2D eigenvalue weighted by molar-refractivity contribution is 7.82. The van der Waals surface area contributed by atoms with Crippen molar-refractivity contribution in [3.8, 4) is 0 Å². The second-order valence-electron chi connectivity index (χ2n) is 2.58. The van der Waals surface area contributed by atoms with E-state index in [1.165, 1.54) is 0 Å². The maximum absolute atomic E-state index is 10.7. The second-order valence-corrected chi connectivity index (χ2v) is 3.44. The van der Waals surface area contributed by atoms with Gasteiger partial charge >= 0.3 is 5.97 Å². The van der Waals surface area contributed by atoms with E-state index >= 15 is 0 Å². The van der Waals surface area contributed by atoms with Crippen LogP contribution in [0.15, 0.2) is 12.7 Å². The normalized spacial score (nSPS) is 15.5. The monoisotopic (exact) mass is 174 g/mol. The Morgan fingerprint density at radius 2 is 2.36 bits per heavy atom. The van der Waals surface area contributed by atoms with Crippen LogP contribution in [0.3, 0.4) is 0 Å². The van der Waals surface area contributed by atoms with Gasteiger partial charge in [0.2, 0.25) is 0 Å². The number of allylic oxidation sites excluding steroid dienone is 1. The number of thiol groups is 1. The van der Waals surface area contributed by atoms with E-state index in [4.69, 9.17) is 5.11 Å². The Labute approximate surface area is 72.7 Å². The fourth-order valence-corrected chi connectivity index (χ4v) is 1.30. The lowest BCUT2D eigenvalue weighted by Crippen LogP contribution is -2.31. The first-order valence-corrected chi connectivity index (χ1v) is 4.08. The van der Waals surface area contributed by atoms with Crippen molar-refractivity contribution in [3.05, 3.63) is 12.7 Å². The minimum Gasteiger partial charge on any atom is -0.480 e. The topological polar surface area (TPSA) is 37.3 Å². The van der Waals surface area contributed by atoms with Crippen LogP contribution in [0.25, 0.3) is 0 Å². The molecule has 0 fully saturated rings. The van der Waals surface area contributed by atoms with E-state index in [1.807, 2.05) is 6.92 Å². The quantitative estimate of drug-likeness (QED) is 0.495. The minimum absolute atomic E-state index is 0.416. The highest BCUT2D eigenvalue weighted by Gasteiger charge is 2.31. The van der Waals surface area contributed by atoms with Gasteiger partial charge in [0.25, 0.3) is 0 Å². The average Bonchev–Trinajstić information content (AvgIpc) is 1.88. The van der Waals surface area contributed by atoms with Crippen LogP contribution in [0, 0.1) is 0 Å². The number of carboxylic acids is 1. The number of aliphatic carboxylic acids is 1. The van der Waals surface area contributed by atoms with Gasteiger partial charge in [0, 0.05) is 0 Å². The fraction of sp³-hybridized carbons (Fsp3) is 0.625. The molecular weight excluding hydrogens is 160 g/mol. The van der Waals surface area contributed by atoms with Gasteiger partial charge in [-0.05, 0) is 12.8 Å². The fourth-order valence-electron chi connectivity index (χ4n) is 0.949. The van der Waals surface area contributed by atoms with E-state index in [0.717, 1.165) is 6.42 Å². The molecule has 0 bridgehead atoms. The van der Waals surface area contributed by atoms with Crippen molar-refractivity contribution in [1.29, 1.82) is 0 Å². The molecule has 0 aromatic rings. The molecule has 0 aliphatic heterocycles. The van der Waals surface area contributed by atoms with E-state index < -0.39 is 10.7 Å². The lowest BCUT2D eigenvalue weighted by molar-refractivity contribution is -0.139. The zero-order valence-corrected chi connectivity index (χ0v) is 7.60. The molecule has 0 aromatic carbocycles. The molecule has 11 heavy (non-hydrogen) atoms. The molecule has 0 aliphatic carbocycles. The number of carboxylic acid groups (broad SMARTS) is 1. The highest BCUT2D eigenvalue weighted by Crippen LogP contribution is 2.25. The Morgan fingerprint density at radius 1 is 1.82 bits per heavy atom. The van der Waals surface area contributed by atoms with Gasteiger partial charge in [-0.15, -0.1) is 6.58 Å².